The molecule has 13 heteroatoms. The Bertz CT molecular complexity index is 1610. The first-order chi connectivity index (χ1) is 19.4. The molecule has 1 N–H and O–H groups in total. The second kappa shape index (κ2) is 11.6. The zero-order valence-corrected chi connectivity index (χ0v) is 22.8. The number of nitriles is 1. The first-order valence-electron chi connectivity index (χ1n) is 12.8. The van der Waals surface area contributed by atoms with Crippen molar-refractivity contribution in [1.82, 2.24) is 10.2 Å². The summed E-state index contributed by atoms with van der Waals surface area (Å²) in [6.07, 6.45) is -2.70. The number of unbranched alkanes of at least 4 members (excludes halogenated alkanes) is 1. The number of amides is 3. The van der Waals surface area contributed by atoms with Crippen LogP contribution in [0.15, 0.2) is 58.8 Å². The normalized spacial score (nSPS) is 17.9. The van der Waals surface area contributed by atoms with Gasteiger partial charge in [-0.15, -0.1) is 0 Å². The van der Waals surface area contributed by atoms with Gasteiger partial charge in [0.1, 0.15) is 0 Å². The van der Waals surface area contributed by atoms with Crippen LogP contribution >= 0.6 is 0 Å². The van der Waals surface area contributed by atoms with E-state index in [2.05, 4.69) is 10.2 Å². The van der Waals surface area contributed by atoms with E-state index in [-0.39, 0.29) is 51.2 Å². The van der Waals surface area contributed by atoms with Gasteiger partial charge < -0.3 is 10.2 Å². The van der Waals surface area contributed by atoms with Crippen LogP contribution < -0.4 is 10.2 Å². The van der Waals surface area contributed by atoms with Crippen LogP contribution in [0.1, 0.15) is 55.3 Å². The van der Waals surface area contributed by atoms with E-state index in [9.17, 15) is 36.4 Å². The third-order valence-corrected chi connectivity index (χ3v) is 8.90. The quantitative estimate of drug-likeness (QED) is 0.339. The topological polar surface area (TPSA) is 115 Å². The molecule has 2 aromatic carbocycles. The molecule has 1 fully saturated rings. The van der Waals surface area contributed by atoms with E-state index < -0.39 is 33.6 Å². The van der Waals surface area contributed by atoms with E-state index in [0.29, 0.717) is 25.9 Å². The van der Waals surface area contributed by atoms with Gasteiger partial charge in [-0.25, -0.2) is 18.1 Å². The van der Waals surface area contributed by atoms with Crippen molar-refractivity contribution in [3.8, 4) is 6.07 Å². The summed E-state index contributed by atoms with van der Waals surface area (Å²) in [5.74, 6) is -0.248. The summed E-state index contributed by atoms with van der Waals surface area (Å²) in [5, 5.41) is 12.0. The van der Waals surface area contributed by atoms with Gasteiger partial charge in [-0.05, 0) is 62.1 Å². The highest BCUT2D eigenvalue weighted by molar-refractivity contribution is 7.91. The molecule has 2 aliphatic rings. The van der Waals surface area contributed by atoms with Crippen LogP contribution in [0, 0.1) is 17.9 Å². The molecular weight excluding hydrogens is 559 g/mol. The predicted molar refractivity (Wildman–Crippen MR) is 143 cm³/mol. The van der Waals surface area contributed by atoms with Crippen molar-refractivity contribution in [3.05, 3.63) is 82.0 Å². The van der Waals surface area contributed by atoms with Crippen LogP contribution in [-0.2, 0) is 20.8 Å². The molecule has 214 valence electrons. The Balaban J connectivity index is 1.67. The van der Waals surface area contributed by atoms with Crippen LogP contribution in [0.4, 0.5) is 23.7 Å². The predicted octanol–water partition coefficient (Wildman–Crippen LogP) is 5.18. The fourth-order valence-electron chi connectivity index (χ4n) is 4.99. The molecule has 4 rings (SSSR count). The second-order valence-electron chi connectivity index (χ2n) is 9.72. The van der Waals surface area contributed by atoms with Crippen molar-refractivity contribution in [1.29, 1.82) is 5.26 Å². The van der Waals surface area contributed by atoms with Gasteiger partial charge >= 0.3 is 12.2 Å². The highest BCUT2D eigenvalue weighted by Gasteiger charge is 2.38. The van der Waals surface area contributed by atoms with Gasteiger partial charge in [0.25, 0.3) is 0 Å². The van der Waals surface area contributed by atoms with E-state index in [1.165, 1.54) is 31.2 Å². The first kappa shape index (κ1) is 29.6. The van der Waals surface area contributed by atoms with Crippen LogP contribution in [0.5, 0.6) is 0 Å². The summed E-state index contributed by atoms with van der Waals surface area (Å²) in [6.45, 7) is 10.3. The van der Waals surface area contributed by atoms with Gasteiger partial charge in [-0.2, -0.15) is 18.4 Å². The highest BCUT2D eigenvalue weighted by Crippen LogP contribution is 2.39. The van der Waals surface area contributed by atoms with Gasteiger partial charge in [0.15, 0.2) is 9.84 Å². The molecule has 0 saturated carbocycles. The van der Waals surface area contributed by atoms with Crippen LogP contribution in [0.2, 0.25) is 0 Å². The van der Waals surface area contributed by atoms with Crippen molar-refractivity contribution in [3.63, 3.8) is 0 Å². The average molecular weight is 586 g/mol. The maximum atomic E-state index is 13.5. The van der Waals surface area contributed by atoms with Crippen molar-refractivity contribution < 1.29 is 31.2 Å². The number of carbonyl (C=O) groups excluding carboxylic acids is 2. The van der Waals surface area contributed by atoms with E-state index in [4.69, 9.17) is 6.57 Å². The second-order valence-corrected chi connectivity index (χ2v) is 11.8. The van der Waals surface area contributed by atoms with E-state index in [1.54, 1.807) is 4.90 Å². The minimum atomic E-state index is -4.65. The molecule has 0 radical (unpaired) electrons. The summed E-state index contributed by atoms with van der Waals surface area (Å²) in [5.41, 5.74) is -1.00. The number of sulfone groups is 1. The summed E-state index contributed by atoms with van der Waals surface area (Å²) in [6, 6.07) is 7.85. The van der Waals surface area contributed by atoms with Crippen molar-refractivity contribution >= 4 is 27.5 Å². The van der Waals surface area contributed by atoms with Gasteiger partial charge in [-0.3, -0.25) is 9.69 Å². The fraction of sp³-hybridized carbons (Fsp3) is 0.357. The number of allylic oxidation sites excluding steroid dienone is 1. The van der Waals surface area contributed by atoms with E-state index in [1.807, 2.05) is 6.07 Å². The molecule has 0 bridgehead atoms. The van der Waals surface area contributed by atoms with E-state index in [0.717, 1.165) is 29.5 Å². The van der Waals surface area contributed by atoms with Gasteiger partial charge in [0.05, 0.1) is 40.5 Å². The van der Waals surface area contributed by atoms with E-state index >= 15 is 0 Å². The molecule has 9 nitrogen and oxygen atoms in total. The van der Waals surface area contributed by atoms with Crippen molar-refractivity contribution in [2.24, 2.45) is 0 Å². The Morgan fingerprint density at radius 3 is 2.56 bits per heavy atom. The minimum absolute atomic E-state index is 0.0380. The minimum Gasteiger partial charge on any atom is -0.343 e. The molecule has 0 unspecified atom stereocenters. The number of urea groups is 1. The number of likely N-dealkylation sites (tertiary alicyclic amines) is 1. The number of nitrogens with zero attached hydrogens (tertiary/aromatic N) is 4. The van der Waals surface area contributed by atoms with Gasteiger partial charge in [0.2, 0.25) is 11.6 Å². The molecule has 0 aliphatic carbocycles. The molecular formula is C28H26F3N5O4S. The number of rotatable bonds is 8. The molecule has 1 atom stereocenters. The molecule has 2 aliphatic heterocycles. The first-order valence-corrected chi connectivity index (χ1v) is 14.4. The lowest BCUT2D eigenvalue weighted by molar-refractivity contribution is -0.137. The standard InChI is InChI=1S/C28H26F3N5O4S/c1-18-25(33-2)26(34-27(38)36(18)21-8-5-7-20(16-21)28(29,30)31)22-11-10-19(17-32)15-23(22)41(39,40)14-4-3-12-35-13-6-9-24(35)37/h5,7-8,10-11,15-16,26H,3-4,6,9,12-14H2,1H3,(H,34,38)/t26-/m1/s1. The fourth-order valence-corrected chi connectivity index (χ4v) is 6.65. The van der Waals surface area contributed by atoms with Gasteiger partial charge in [-0.1, -0.05) is 12.1 Å². The molecule has 2 aromatic rings. The lowest BCUT2D eigenvalue weighted by Gasteiger charge is -2.34. The third kappa shape index (κ3) is 6.20. The lowest BCUT2D eigenvalue weighted by atomic mass is 9.99. The molecule has 41 heavy (non-hydrogen) atoms. The zero-order valence-electron chi connectivity index (χ0n) is 22.0. The Kier molecular flexibility index (Phi) is 8.40. The molecule has 0 aromatic heterocycles. The average Bonchev–Trinajstić information content (AvgIpc) is 3.34. The summed E-state index contributed by atoms with van der Waals surface area (Å²) < 4.78 is 66.9. The monoisotopic (exact) mass is 585 g/mol. The smallest absolute Gasteiger partial charge is 0.343 e. The summed E-state index contributed by atoms with van der Waals surface area (Å²) in [4.78, 5) is 31.0. The third-order valence-electron chi connectivity index (χ3n) is 7.05. The number of alkyl halides is 3. The van der Waals surface area contributed by atoms with Crippen LogP contribution in [-0.4, -0.2) is 44.1 Å². The molecule has 3 amide bonds. The number of halogens is 3. The molecule has 0 spiro atoms. The maximum Gasteiger partial charge on any atom is 0.416 e. The Hall–Kier alpha value is -4.36. The number of carbonyl (C=O) groups is 2. The number of nitrogens with one attached hydrogen (secondary N) is 1. The number of hydrogen-bond acceptors (Lipinski definition) is 5. The highest BCUT2D eigenvalue weighted by atomic mass is 32.2. The summed E-state index contributed by atoms with van der Waals surface area (Å²) in [7, 11) is -4.01. The Labute approximate surface area is 235 Å². The van der Waals surface area contributed by atoms with Crippen molar-refractivity contribution in [2.75, 3.05) is 23.7 Å². The maximum absolute atomic E-state index is 13.5. The summed E-state index contributed by atoms with van der Waals surface area (Å²) >= 11 is 0. The van der Waals surface area contributed by atoms with Crippen LogP contribution in [0.3, 0.4) is 0 Å². The zero-order chi connectivity index (χ0) is 29.9. The van der Waals surface area contributed by atoms with Crippen molar-refractivity contribution in [2.45, 2.75) is 49.7 Å². The molecule has 1 saturated heterocycles. The Morgan fingerprint density at radius 2 is 1.93 bits per heavy atom. The van der Waals surface area contributed by atoms with Crippen LogP contribution in [0.25, 0.3) is 4.85 Å². The largest absolute Gasteiger partial charge is 0.416 e. The lowest BCUT2D eigenvalue weighted by Crippen LogP contribution is -2.46. The number of hydrogen-bond donors (Lipinski definition) is 1. The number of benzene rings is 2. The number of anilines is 1. The van der Waals surface area contributed by atoms with Gasteiger partial charge in [0, 0.05) is 30.9 Å². The Morgan fingerprint density at radius 1 is 1.17 bits per heavy atom. The molecule has 2 heterocycles. The SMILES string of the molecule is [C-]#[N+]C1=C(C)N(c2cccc(C(F)(F)F)c2)C(=O)N[C@@H]1c1ccc(C#N)cc1S(=O)(=O)CCCCN1CCCC1=O.